The summed E-state index contributed by atoms with van der Waals surface area (Å²) >= 11 is 0. The van der Waals surface area contributed by atoms with Crippen molar-refractivity contribution in [1.82, 2.24) is 0 Å². The molecule has 0 saturated carbocycles. The number of para-hydroxylation sites is 1. The first kappa shape index (κ1) is 11.9. The number of nitrogens with zero attached hydrogens (tertiary/aromatic N) is 1. The molecule has 0 saturated heterocycles. The molecule has 0 spiro atoms. The molecule has 1 aliphatic rings. The van der Waals surface area contributed by atoms with E-state index in [2.05, 4.69) is 5.32 Å². The molecule has 1 aromatic rings. The zero-order valence-electron chi connectivity index (χ0n) is 9.14. The highest BCUT2D eigenvalue weighted by Gasteiger charge is 2.39. The molecule has 1 N–H and O–H groups in total. The molecular formula is C11H11FN2O2S. The van der Waals surface area contributed by atoms with Gasteiger partial charge in [-0.2, -0.15) is 5.26 Å². The van der Waals surface area contributed by atoms with Gasteiger partial charge in [-0.05, 0) is 19.1 Å². The molecular weight excluding hydrogens is 243 g/mol. The number of hydrogen-bond acceptors (Lipinski definition) is 4. The first-order valence-corrected chi connectivity index (χ1v) is 6.69. The molecule has 90 valence electrons. The maximum Gasteiger partial charge on any atom is 0.186 e. The van der Waals surface area contributed by atoms with E-state index in [1.165, 1.54) is 18.2 Å². The van der Waals surface area contributed by atoms with Crippen molar-refractivity contribution in [2.45, 2.75) is 29.5 Å². The van der Waals surface area contributed by atoms with Crippen LogP contribution >= 0.6 is 0 Å². The summed E-state index contributed by atoms with van der Waals surface area (Å²) in [5.41, 5.74) is 0.00851. The van der Waals surface area contributed by atoms with E-state index in [0.717, 1.165) is 0 Å². The monoisotopic (exact) mass is 254 g/mol. The fourth-order valence-electron chi connectivity index (χ4n) is 2.01. The molecule has 1 aliphatic heterocycles. The second kappa shape index (κ2) is 4.00. The Morgan fingerprint density at radius 3 is 2.88 bits per heavy atom. The Morgan fingerprint density at radius 2 is 2.24 bits per heavy atom. The summed E-state index contributed by atoms with van der Waals surface area (Å²) in [6.07, 6.45) is -0.105. The SMILES string of the molecule is CC1Nc2c(F)cccc2S(=O)(=O)C1CC#N. The third-order valence-electron chi connectivity index (χ3n) is 2.90. The van der Waals surface area contributed by atoms with Crippen LogP contribution in [0.1, 0.15) is 13.3 Å². The smallest absolute Gasteiger partial charge is 0.186 e. The molecule has 6 heteroatoms. The number of hydrogen-bond donors (Lipinski definition) is 1. The first-order chi connectivity index (χ1) is 7.98. The van der Waals surface area contributed by atoms with Crippen LogP contribution < -0.4 is 5.32 Å². The molecule has 2 atom stereocenters. The molecule has 17 heavy (non-hydrogen) atoms. The van der Waals surface area contributed by atoms with E-state index in [9.17, 15) is 12.8 Å². The minimum Gasteiger partial charge on any atom is -0.378 e. The van der Waals surface area contributed by atoms with E-state index in [1.807, 2.05) is 6.07 Å². The number of nitrogens with one attached hydrogen (secondary N) is 1. The summed E-state index contributed by atoms with van der Waals surface area (Å²) in [6, 6.07) is 5.29. The van der Waals surface area contributed by atoms with Crippen molar-refractivity contribution in [2.24, 2.45) is 0 Å². The van der Waals surface area contributed by atoms with Crippen LogP contribution in [0.5, 0.6) is 0 Å². The van der Waals surface area contributed by atoms with Gasteiger partial charge in [0.1, 0.15) is 5.82 Å². The molecule has 1 aromatic carbocycles. The van der Waals surface area contributed by atoms with E-state index in [0.29, 0.717) is 0 Å². The van der Waals surface area contributed by atoms with Gasteiger partial charge in [-0.25, -0.2) is 12.8 Å². The first-order valence-electron chi connectivity index (χ1n) is 5.14. The van der Waals surface area contributed by atoms with E-state index in [1.54, 1.807) is 6.92 Å². The number of anilines is 1. The Labute approximate surface area is 99.0 Å². The molecule has 0 aromatic heterocycles. The topological polar surface area (TPSA) is 70.0 Å². The van der Waals surface area contributed by atoms with Gasteiger partial charge in [-0.3, -0.25) is 0 Å². The Kier molecular flexibility index (Phi) is 2.79. The van der Waals surface area contributed by atoms with Gasteiger partial charge in [-0.15, -0.1) is 0 Å². The van der Waals surface area contributed by atoms with Gasteiger partial charge < -0.3 is 5.32 Å². The molecule has 0 radical (unpaired) electrons. The van der Waals surface area contributed by atoms with Gasteiger partial charge in [-0.1, -0.05) is 6.07 Å². The summed E-state index contributed by atoms with van der Waals surface area (Å²) in [4.78, 5) is -0.0594. The third-order valence-corrected chi connectivity index (χ3v) is 5.23. The molecule has 0 aliphatic carbocycles. The fourth-order valence-corrected chi connectivity index (χ4v) is 3.95. The third kappa shape index (κ3) is 1.76. The highest BCUT2D eigenvalue weighted by molar-refractivity contribution is 7.92. The van der Waals surface area contributed by atoms with Crippen LogP contribution in [0.15, 0.2) is 23.1 Å². The quantitative estimate of drug-likeness (QED) is 0.828. The van der Waals surface area contributed by atoms with E-state index >= 15 is 0 Å². The highest BCUT2D eigenvalue weighted by atomic mass is 32.2. The van der Waals surface area contributed by atoms with Crippen LogP contribution in [0.2, 0.25) is 0 Å². The molecule has 2 rings (SSSR count). The fraction of sp³-hybridized carbons (Fsp3) is 0.364. The minimum atomic E-state index is -3.64. The predicted molar refractivity (Wildman–Crippen MR) is 60.7 cm³/mol. The van der Waals surface area contributed by atoms with Crippen molar-refractivity contribution in [1.29, 1.82) is 5.26 Å². The van der Waals surface area contributed by atoms with Crippen LogP contribution in [0.25, 0.3) is 0 Å². The van der Waals surface area contributed by atoms with Crippen molar-refractivity contribution in [3.63, 3.8) is 0 Å². The lowest BCUT2D eigenvalue weighted by molar-refractivity contribution is 0.553. The highest BCUT2D eigenvalue weighted by Crippen LogP contribution is 2.35. The summed E-state index contributed by atoms with van der Waals surface area (Å²) in [5, 5.41) is 10.6. The number of sulfone groups is 1. The second-order valence-electron chi connectivity index (χ2n) is 3.99. The maximum absolute atomic E-state index is 13.5. The van der Waals surface area contributed by atoms with Gasteiger partial charge >= 0.3 is 0 Å². The van der Waals surface area contributed by atoms with Crippen LogP contribution in [0.4, 0.5) is 10.1 Å². The predicted octanol–water partition coefficient (Wildman–Crippen LogP) is 1.70. The van der Waals surface area contributed by atoms with Crippen molar-refractivity contribution >= 4 is 15.5 Å². The van der Waals surface area contributed by atoms with Gasteiger partial charge in [0, 0.05) is 6.04 Å². The van der Waals surface area contributed by atoms with Gasteiger partial charge in [0.15, 0.2) is 9.84 Å². The average molecular weight is 254 g/mol. The summed E-state index contributed by atoms with van der Waals surface area (Å²) in [7, 11) is -3.64. The van der Waals surface area contributed by atoms with Crippen LogP contribution in [-0.4, -0.2) is 19.7 Å². The number of rotatable bonds is 1. The molecule has 4 nitrogen and oxygen atoms in total. The average Bonchev–Trinajstić information content (AvgIpc) is 2.26. The molecule has 0 amide bonds. The largest absolute Gasteiger partial charge is 0.378 e. The zero-order chi connectivity index (χ0) is 12.6. The summed E-state index contributed by atoms with van der Waals surface area (Å²) in [6.45, 7) is 1.63. The van der Waals surface area contributed by atoms with Crippen molar-refractivity contribution in [3.8, 4) is 6.07 Å². The van der Waals surface area contributed by atoms with E-state index < -0.39 is 26.9 Å². The Bertz CT molecular complexity index is 592. The van der Waals surface area contributed by atoms with Crippen molar-refractivity contribution < 1.29 is 12.8 Å². The van der Waals surface area contributed by atoms with Crippen molar-refractivity contribution in [2.75, 3.05) is 5.32 Å². The summed E-state index contributed by atoms with van der Waals surface area (Å²) < 4.78 is 37.9. The number of fused-ring (bicyclic) bond motifs is 1. The Balaban J connectivity index is 2.63. The van der Waals surface area contributed by atoms with Crippen LogP contribution in [0, 0.1) is 17.1 Å². The molecule has 0 bridgehead atoms. The number of nitriles is 1. The van der Waals surface area contributed by atoms with E-state index in [-0.39, 0.29) is 17.0 Å². The van der Waals surface area contributed by atoms with E-state index in [4.69, 9.17) is 5.26 Å². The lowest BCUT2D eigenvalue weighted by Gasteiger charge is -2.30. The Morgan fingerprint density at radius 1 is 1.53 bits per heavy atom. The standard InChI is InChI=1S/C11H11FN2O2S/c1-7-9(5-6-13)17(15,16)10-4-2-3-8(12)11(10)14-7/h2-4,7,9,14H,5H2,1H3. The van der Waals surface area contributed by atoms with Gasteiger partial charge in [0.25, 0.3) is 0 Å². The minimum absolute atomic E-state index is 0.00851. The zero-order valence-corrected chi connectivity index (χ0v) is 9.96. The van der Waals surface area contributed by atoms with Crippen molar-refractivity contribution in [3.05, 3.63) is 24.0 Å². The number of benzene rings is 1. The normalized spacial score (nSPS) is 25.5. The van der Waals surface area contributed by atoms with Crippen LogP contribution in [-0.2, 0) is 9.84 Å². The Hall–Kier alpha value is -1.61. The lowest BCUT2D eigenvalue weighted by atomic mass is 10.1. The summed E-state index contributed by atoms with van der Waals surface area (Å²) in [5.74, 6) is -0.590. The van der Waals surface area contributed by atoms with Crippen LogP contribution in [0.3, 0.4) is 0 Å². The number of halogens is 1. The maximum atomic E-state index is 13.5. The lowest BCUT2D eigenvalue weighted by Crippen LogP contribution is -2.42. The molecule has 2 unspecified atom stereocenters. The molecule has 1 heterocycles. The van der Waals surface area contributed by atoms with Gasteiger partial charge in [0.05, 0.1) is 28.3 Å². The molecule has 0 fully saturated rings. The second-order valence-corrected chi connectivity index (χ2v) is 6.13. The van der Waals surface area contributed by atoms with Gasteiger partial charge in [0.2, 0.25) is 0 Å².